The molecule has 0 atom stereocenters. The summed E-state index contributed by atoms with van der Waals surface area (Å²) in [5.41, 5.74) is 0.359. The zero-order valence-electron chi connectivity index (χ0n) is 11.1. The lowest BCUT2D eigenvalue weighted by molar-refractivity contribution is 0.0699. The number of carboxylic acids is 1. The molecule has 2 heteroatoms. The van der Waals surface area contributed by atoms with Crippen LogP contribution in [0.15, 0.2) is 42.5 Å². The predicted molar refractivity (Wildman–Crippen MR) is 78.6 cm³/mol. The van der Waals surface area contributed by atoms with Crippen molar-refractivity contribution >= 4 is 16.7 Å². The van der Waals surface area contributed by atoms with Gasteiger partial charge in [-0.05, 0) is 16.8 Å². The first-order valence-electron chi connectivity index (χ1n) is 7.00. The van der Waals surface area contributed by atoms with Gasteiger partial charge in [-0.15, -0.1) is 0 Å². The highest BCUT2D eigenvalue weighted by molar-refractivity contribution is 6.03. The summed E-state index contributed by atoms with van der Waals surface area (Å²) in [6.07, 6.45) is 9.00. The van der Waals surface area contributed by atoms with Gasteiger partial charge in [0.15, 0.2) is 0 Å². The van der Waals surface area contributed by atoms with E-state index in [1.165, 1.54) is 38.5 Å². The molecule has 100 valence electrons. The Bertz CT molecular complexity index is 525. The van der Waals surface area contributed by atoms with E-state index in [2.05, 4.69) is 0 Å². The third kappa shape index (κ3) is 3.82. The number of aromatic carboxylic acids is 1. The molecule has 0 radical (unpaired) electrons. The molecule has 2 aromatic carbocycles. The molecule has 1 saturated carbocycles. The summed E-state index contributed by atoms with van der Waals surface area (Å²) in [4.78, 5) is 10.8. The van der Waals surface area contributed by atoms with Crippen LogP contribution in [0.4, 0.5) is 0 Å². The maximum absolute atomic E-state index is 10.8. The molecule has 0 heterocycles. The minimum atomic E-state index is -0.878. The highest BCUT2D eigenvalue weighted by atomic mass is 16.4. The van der Waals surface area contributed by atoms with Crippen LogP contribution in [-0.2, 0) is 0 Å². The van der Waals surface area contributed by atoms with Crippen molar-refractivity contribution in [3.63, 3.8) is 0 Å². The van der Waals surface area contributed by atoms with E-state index in [9.17, 15) is 4.79 Å². The maximum atomic E-state index is 10.8. The minimum absolute atomic E-state index is 0.359. The number of hydrogen-bond donors (Lipinski definition) is 1. The topological polar surface area (TPSA) is 37.3 Å². The Morgan fingerprint density at radius 2 is 1.32 bits per heavy atom. The Labute approximate surface area is 114 Å². The van der Waals surface area contributed by atoms with Crippen molar-refractivity contribution in [2.75, 3.05) is 0 Å². The van der Waals surface area contributed by atoms with E-state index in [-0.39, 0.29) is 0 Å². The van der Waals surface area contributed by atoms with Crippen molar-refractivity contribution in [2.45, 2.75) is 38.5 Å². The third-order valence-electron chi connectivity index (χ3n) is 3.52. The van der Waals surface area contributed by atoms with Crippen LogP contribution in [0.5, 0.6) is 0 Å². The standard InChI is InChI=1S/C11H8O2.C6H12/c12-11(13)10-7-3-5-8-4-1-2-6-9(8)10;1-2-4-6-5-3-1/h1-7H,(H,12,13);1-6H2. The smallest absolute Gasteiger partial charge is 0.336 e. The minimum Gasteiger partial charge on any atom is -0.478 e. The number of carbonyl (C=O) groups is 1. The zero-order valence-corrected chi connectivity index (χ0v) is 11.1. The zero-order chi connectivity index (χ0) is 13.5. The van der Waals surface area contributed by atoms with Crippen LogP contribution in [0, 0.1) is 0 Å². The van der Waals surface area contributed by atoms with Gasteiger partial charge in [-0.1, -0.05) is 74.9 Å². The van der Waals surface area contributed by atoms with Crippen molar-refractivity contribution in [1.29, 1.82) is 0 Å². The molecule has 1 aliphatic rings. The van der Waals surface area contributed by atoms with E-state index in [1.54, 1.807) is 12.1 Å². The molecule has 0 bridgehead atoms. The molecule has 1 N–H and O–H groups in total. The van der Waals surface area contributed by atoms with E-state index in [0.717, 1.165) is 10.8 Å². The number of fused-ring (bicyclic) bond motifs is 1. The van der Waals surface area contributed by atoms with E-state index < -0.39 is 5.97 Å². The molecule has 0 amide bonds. The highest BCUT2D eigenvalue weighted by Crippen LogP contribution is 2.18. The highest BCUT2D eigenvalue weighted by Gasteiger charge is 2.05. The van der Waals surface area contributed by atoms with E-state index >= 15 is 0 Å². The van der Waals surface area contributed by atoms with Gasteiger partial charge in [-0.25, -0.2) is 4.79 Å². The van der Waals surface area contributed by atoms with Gasteiger partial charge in [0, 0.05) is 0 Å². The summed E-state index contributed by atoms with van der Waals surface area (Å²) in [5, 5.41) is 10.6. The summed E-state index contributed by atoms with van der Waals surface area (Å²) >= 11 is 0. The molecule has 1 aliphatic carbocycles. The van der Waals surface area contributed by atoms with Crippen LogP contribution in [0.2, 0.25) is 0 Å². The first-order valence-corrected chi connectivity index (χ1v) is 7.00. The summed E-state index contributed by atoms with van der Waals surface area (Å²) in [6.45, 7) is 0. The van der Waals surface area contributed by atoms with Crippen LogP contribution in [-0.4, -0.2) is 11.1 Å². The predicted octanol–water partition coefficient (Wildman–Crippen LogP) is 4.88. The molecular formula is C17H20O2. The molecule has 0 spiro atoms. The van der Waals surface area contributed by atoms with Gasteiger partial charge in [-0.2, -0.15) is 0 Å². The molecular weight excluding hydrogens is 236 g/mol. The lowest BCUT2D eigenvalue weighted by atomic mass is 10.0. The van der Waals surface area contributed by atoms with Crippen molar-refractivity contribution in [2.24, 2.45) is 0 Å². The summed E-state index contributed by atoms with van der Waals surface area (Å²) < 4.78 is 0. The summed E-state index contributed by atoms with van der Waals surface area (Å²) in [7, 11) is 0. The molecule has 19 heavy (non-hydrogen) atoms. The number of rotatable bonds is 1. The first kappa shape index (κ1) is 13.6. The normalized spacial score (nSPS) is 14.5. The largest absolute Gasteiger partial charge is 0.478 e. The molecule has 1 fully saturated rings. The lowest BCUT2D eigenvalue weighted by Crippen LogP contribution is -1.96. The molecule has 2 nitrogen and oxygen atoms in total. The quantitative estimate of drug-likeness (QED) is 0.789. The average molecular weight is 256 g/mol. The van der Waals surface area contributed by atoms with Gasteiger partial charge >= 0.3 is 5.97 Å². The molecule has 3 rings (SSSR count). The first-order chi connectivity index (χ1) is 9.29. The molecule has 0 aromatic heterocycles. The monoisotopic (exact) mass is 256 g/mol. The Balaban J connectivity index is 0.000000186. The van der Waals surface area contributed by atoms with Gasteiger partial charge in [-0.3, -0.25) is 0 Å². The van der Waals surface area contributed by atoms with Gasteiger partial charge in [0.05, 0.1) is 5.56 Å². The fraction of sp³-hybridized carbons (Fsp3) is 0.353. The van der Waals surface area contributed by atoms with E-state index in [1.807, 2.05) is 30.3 Å². The Morgan fingerprint density at radius 3 is 1.89 bits per heavy atom. The second-order valence-electron chi connectivity index (χ2n) is 4.95. The maximum Gasteiger partial charge on any atom is 0.336 e. The van der Waals surface area contributed by atoms with Crippen molar-refractivity contribution in [3.8, 4) is 0 Å². The fourth-order valence-corrected chi connectivity index (χ4v) is 2.47. The van der Waals surface area contributed by atoms with Crippen LogP contribution < -0.4 is 0 Å². The number of hydrogen-bond acceptors (Lipinski definition) is 1. The van der Waals surface area contributed by atoms with Crippen LogP contribution in [0.1, 0.15) is 48.9 Å². The SMILES string of the molecule is C1CCCCC1.O=C(O)c1cccc2ccccc12. The second-order valence-corrected chi connectivity index (χ2v) is 4.95. The van der Waals surface area contributed by atoms with Gasteiger partial charge in [0.2, 0.25) is 0 Å². The Morgan fingerprint density at radius 1 is 0.789 bits per heavy atom. The van der Waals surface area contributed by atoms with Crippen molar-refractivity contribution in [3.05, 3.63) is 48.0 Å². The Hall–Kier alpha value is -1.83. The summed E-state index contributed by atoms with van der Waals surface area (Å²) in [5.74, 6) is -0.878. The van der Waals surface area contributed by atoms with Gasteiger partial charge < -0.3 is 5.11 Å². The van der Waals surface area contributed by atoms with E-state index in [0.29, 0.717) is 5.56 Å². The van der Waals surface area contributed by atoms with Crippen LogP contribution in [0.3, 0.4) is 0 Å². The lowest BCUT2D eigenvalue weighted by Gasteiger charge is -2.05. The van der Waals surface area contributed by atoms with E-state index in [4.69, 9.17) is 5.11 Å². The molecule has 0 saturated heterocycles. The van der Waals surface area contributed by atoms with Gasteiger partial charge in [0.1, 0.15) is 0 Å². The third-order valence-corrected chi connectivity index (χ3v) is 3.52. The number of benzene rings is 2. The fourth-order valence-electron chi connectivity index (χ4n) is 2.47. The van der Waals surface area contributed by atoms with Crippen LogP contribution in [0.25, 0.3) is 10.8 Å². The average Bonchev–Trinajstić information content (AvgIpc) is 2.49. The second kappa shape index (κ2) is 6.93. The van der Waals surface area contributed by atoms with Crippen molar-refractivity contribution in [1.82, 2.24) is 0 Å². The molecule has 2 aromatic rings. The van der Waals surface area contributed by atoms with Crippen LogP contribution >= 0.6 is 0 Å². The molecule has 0 aliphatic heterocycles. The summed E-state index contributed by atoms with van der Waals surface area (Å²) in [6, 6.07) is 12.7. The van der Waals surface area contributed by atoms with Crippen molar-refractivity contribution < 1.29 is 9.90 Å². The van der Waals surface area contributed by atoms with Gasteiger partial charge in [0.25, 0.3) is 0 Å². The number of carboxylic acid groups (broad SMARTS) is 1. The Kier molecular flexibility index (Phi) is 4.96. The molecule has 0 unspecified atom stereocenters.